The summed E-state index contributed by atoms with van der Waals surface area (Å²) in [5.41, 5.74) is 5.20. The van der Waals surface area contributed by atoms with Gasteiger partial charge in [0.25, 0.3) is 0 Å². The molecule has 6 nitrogen and oxygen atoms in total. The molecular formula is C22H30N6S. The van der Waals surface area contributed by atoms with Crippen LogP contribution in [-0.2, 0) is 0 Å². The fourth-order valence-corrected chi connectivity index (χ4v) is 3.76. The highest BCUT2D eigenvalue weighted by molar-refractivity contribution is 7.80. The number of piperidine rings is 1. The third-order valence-electron chi connectivity index (χ3n) is 5.22. The number of aromatic nitrogens is 2. The van der Waals surface area contributed by atoms with Crippen LogP contribution in [0.1, 0.15) is 42.3 Å². The van der Waals surface area contributed by atoms with E-state index in [4.69, 9.17) is 17.2 Å². The van der Waals surface area contributed by atoms with Crippen molar-refractivity contribution in [2.24, 2.45) is 10.9 Å². The van der Waals surface area contributed by atoms with Gasteiger partial charge >= 0.3 is 0 Å². The molecule has 0 amide bonds. The lowest BCUT2D eigenvalue weighted by Gasteiger charge is -2.33. The Morgan fingerprint density at radius 3 is 2.55 bits per heavy atom. The monoisotopic (exact) mass is 410 g/mol. The van der Waals surface area contributed by atoms with Crippen molar-refractivity contribution >= 4 is 34.9 Å². The van der Waals surface area contributed by atoms with Crippen LogP contribution in [0.5, 0.6) is 0 Å². The number of thiocarbonyl (C=S) groups is 1. The van der Waals surface area contributed by atoms with Gasteiger partial charge in [0.1, 0.15) is 0 Å². The smallest absolute Gasteiger partial charge is 0.229 e. The Labute approximate surface area is 178 Å². The molecule has 0 spiro atoms. The summed E-state index contributed by atoms with van der Waals surface area (Å²) in [4.78, 5) is 16.0. The quantitative estimate of drug-likeness (QED) is 0.428. The molecule has 0 radical (unpaired) electrons. The minimum absolute atomic E-state index is 0.420. The van der Waals surface area contributed by atoms with E-state index in [2.05, 4.69) is 52.3 Å². The number of guanidine groups is 1. The number of hydrogen-bond acceptors (Lipinski definition) is 3. The molecule has 0 saturated carbocycles. The summed E-state index contributed by atoms with van der Waals surface area (Å²) in [6.07, 6.45) is 2.36. The predicted octanol–water partition coefficient (Wildman–Crippen LogP) is 4.61. The Balaban J connectivity index is 1.86. The number of anilines is 2. The Morgan fingerprint density at radius 2 is 1.86 bits per heavy atom. The summed E-state index contributed by atoms with van der Waals surface area (Å²) in [5.74, 6) is 1.86. The molecule has 7 heteroatoms. The molecule has 1 atom stereocenters. The van der Waals surface area contributed by atoms with Crippen molar-refractivity contribution in [1.29, 1.82) is 0 Å². The van der Waals surface area contributed by atoms with E-state index in [9.17, 15) is 0 Å². The van der Waals surface area contributed by atoms with Gasteiger partial charge in [0, 0.05) is 30.2 Å². The van der Waals surface area contributed by atoms with E-state index in [1.54, 1.807) is 0 Å². The highest BCUT2D eigenvalue weighted by Gasteiger charge is 2.21. The molecule has 0 aliphatic carbocycles. The molecule has 29 heavy (non-hydrogen) atoms. The first-order chi connectivity index (χ1) is 13.8. The molecule has 1 aromatic carbocycles. The summed E-state index contributed by atoms with van der Waals surface area (Å²) < 4.78 is 0. The van der Waals surface area contributed by atoms with Crippen LogP contribution in [0, 0.1) is 33.6 Å². The standard InChI is InChI=1S/C22H30N6S/c1-14-8-7-11-28(13-14)21(26-20-23-16(3)12-17(4)24-20)27-22(29)25-19-10-6-9-15(2)18(19)5/h6,9-10,12,14H,7-8,11,13H2,1-5H3,(H2,23,24,25,26,27,29). The van der Waals surface area contributed by atoms with E-state index in [0.717, 1.165) is 36.6 Å². The van der Waals surface area contributed by atoms with E-state index in [0.29, 0.717) is 22.9 Å². The predicted molar refractivity (Wildman–Crippen MR) is 125 cm³/mol. The molecule has 2 N–H and O–H groups in total. The largest absolute Gasteiger partial charge is 0.342 e. The first kappa shape index (κ1) is 21.2. The highest BCUT2D eigenvalue weighted by atomic mass is 32.1. The van der Waals surface area contributed by atoms with E-state index in [-0.39, 0.29) is 0 Å². The van der Waals surface area contributed by atoms with Crippen LogP contribution >= 0.6 is 12.2 Å². The molecule has 1 saturated heterocycles. The number of rotatable bonds is 2. The van der Waals surface area contributed by atoms with Crippen LogP contribution in [0.2, 0.25) is 0 Å². The average Bonchev–Trinajstić information content (AvgIpc) is 2.64. The zero-order valence-electron chi connectivity index (χ0n) is 17.9. The van der Waals surface area contributed by atoms with Gasteiger partial charge in [-0.15, -0.1) is 0 Å². The van der Waals surface area contributed by atoms with Gasteiger partial charge in [-0.2, -0.15) is 4.99 Å². The SMILES string of the molecule is Cc1cc(C)nc(N/C(=N/C(=S)Nc2cccc(C)c2C)N2CCCC(C)C2)n1. The molecule has 1 fully saturated rings. The second kappa shape index (κ2) is 9.31. The van der Waals surface area contributed by atoms with Crippen LogP contribution in [0.3, 0.4) is 0 Å². The van der Waals surface area contributed by atoms with Gasteiger partial charge in [-0.3, -0.25) is 5.32 Å². The maximum absolute atomic E-state index is 5.58. The maximum Gasteiger partial charge on any atom is 0.229 e. The number of likely N-dealkylation sites (tertiary alicyclic amines) is 1. The normalized spacial score (nSPS) is 17.2. The molecule has 154 valence electrons. The fourth-order valence-electron chi connectivity index (χ4n) is 3.57. The second-order valence-electron chi connectivity index (χ2n) is 7.91. The van der Waals surface area contributed by atoms with Gasteiger partial charge < -0.3 is 10.2 Å². The number of nitrogens with zero attached hydrogens (tertiary/aromatic N) is 4. The molecule has 3 rings (SSSR count). The minimum Gasteiger partial charge on any atom is -0.342 e. The average molecular weight is 411 g/mol. The van der Waals surface area contributed by atoms with Crippen molar-refractivity contribution in [2.45, 2.75) is 47.5 Å². The van der Waals surface area contributed by atoms with Gasteiger partial charge in [0.2, 0.25) is 17.0 Å². The molecule has 1 unspecified atom stereocenters. The van der Waals surface area contributed by atoms with Gasteiger partial charge in [0.05, 0.1) is 0 Å². The van der Waals surface area contributed by atoms with Crippen LogP contribution in [0.25, 0.3) is 0 Å². The van der Waals surface area contributed by atoms with Gasteiger partial charge in [-0.1, -0.05) is 19.1 Å². The first-order valence-electron chi connectivity index (χ1n) is 10.1. The lowest BCUT2D eigenvalue weighted by atomic mass is 10.0. The van der Waals surface area contributed by atoms with Crippen LogP contribution in [0.4, 0.5) is 11.6 Å². The third kappa shape index (κ3) is 5.73. The summed E-state index contributed by atoms with van der Waals surface area (Å²) in [6.45, 7) is 12.2. The van der Waals surface area contributed by atoms with E-state index >= 15 is 0 Å². The lowest BCUT2D eigenvalue weighted by Crippen LogP contribution is -2.43. The first-order valence-corrected chi connectivity index (χ1v) is 10.5. The Kier molecular flexibility index (Phi) is 6.79. The number of hydrogen-bond donors (Lipinski definition) is 2. The van der Waals surface area contributed by atoms with Crippen molar-refractivity contribution in [3.63, 3.8) is 0 Å². The van der Waals surface area contributed by atoms with E-state index < -0.39 is 0 Å². The van der Waals surface area contributed by atoms with Crippen molar-refractivity contribution in [2.75, 3.05) is 23.7 Å². The highest BCUT2D eigenvalue weighted by Crippen LogP contribution is 2.19. The summed E-state index contributed by atoms with van der Waals surface area (Å²) >= 11 is 5.58. The third-order valence-corrected chi connectivity index (χ3v) is 5.41. The minimum atomic E-state index is 0.420. The molecule has 2 heterocycles. The van der Waals surface area contributed by atoms with Crippen molar-refractivity contribution in [1.82, 2.24) is 14.9 Å². The van der Waals surface area contributed by atoms with Crippen molar-refractivity contribution in [3.8, 4) is 0 Å². The number of nitrogens with one attached hydrogen (secondary N) is 2. The lowest BCUT2D eigenvalue weighted by molar-refractivity contribution is 0.273. The molecule has 1 aliphatic rings. The number of benzene rings is 1. The Hall–Kier alpha value is -2.54. The molecule has 0 bridgehead atoms. The summed E-state index contributed by atoms with van der Waals surface area (Å²) in [6, 6.07) is 8.09. The summed E-state index contributed by atoms with van der Waals surface area (Å²) in [5, 5.41) is 7.02. The molecule has 2 aromatic rings. The number of aryl methyl sites for hydroxylation is 3. The van der Waals surface area contributed by atoms with Crippen molar-refractivity contribution < 1.29 is 0 Å². The van der Waals surface area contributed by atoms with Crippen LogP contribution in [-0.4, -0.2) is 39.0 Å². The van der Waals surface area contributed by atoms with Gasteiger partial charge in [0.15, 0.2) is 0 Å². The maximum atomic E-state index is 5.58. The zero-order valence-corrected chi connectivity index (χ0v) is 18.7. The molecule has 1 aliphatic heterocycles. The second-order valence-corrected chi connectivity index (χ2v) is 8.29. The zero-order chi connectivity index (χ0) is 21.0. The van der Waals surface area contributed by atoms with Crippen LogP contribution < -0.4 is 10.6 Å². The topological polar surface area (TPSA) is 65.4 Å². The van der Waals surface area contributed by atoms with Gasteiger partial charge in [-0.05, 0) is 81.9 Å². The van der Waals surface area contributed by atoms with E-state index in [1.165, 1.54) is 17.5 Å². The Bertz CT molecular complexity index is 903. The molecule has 1 aromatic heterocycles. The van der Waals surface area contributed by atoms with E-state index in [1.807, 2.05) is 32.0 Å². The summed E-state index contributed by atoms with van der Waals surface area (Å²) in [7, 11) is 0. The van der Waals surface area contributed by atoms with Crippen LogP contribution in [0.15, 0.2) is 29.3 Å². The number of aliphatic imine (C=N–C) groups is 1. The Morgan fingerprint density at radius 1 is 1.14 bits per heavy atom. The fraction of sp³-hybridized carbons (Fsp3) is 0.455. The van der Waals surface area contributed by atoms with Crippen molar-refractivity contribution in [3.05, 3.63) is 46.8 Å². The molecular weight excluding hydrogens is 380 g/mol. The van der Waals surface area contributed by atoms with Gasteiger partial charge in [-0.25, -0.2) is 9.97 Å².